The molecule has 0 saturated carbocycles. The van der Waals surface area contributed by atoms with Crippen LogP contribution in [0.5, 0.6) is 0 Å². The molecule has 0 heterocycles. The summed E-state index contributed by atoms with van der Waals surface area (Å²) in [7, 11) is -8.38. The van der Waals surface area contributed by atoms with Gasteiger partial charge in [-0.2, -0.15) is 8.78 Å². The van der Waals surface area contributed by atoms with Crippen molar-refractivity contribution in [1.82, 2.24) is 0 Å². The summed E-state index contributed by atoms with van der Waals surface area (Å²) in [6.45, 7) is 0. The molecule has 0 aliphatic rings. The minimum atomic E-state index is -8.38. The van der Waals surface area contributed by atoms with Gasteiger partial charge in [-0.1, -0.05) is 0 Å². The summed E-state index contributed by atoms with van der Waals surface area (Å²) in [5.41, 5.74) is 0. The summed E-state index contributed by atoms with van der Waals surface area (Å²) >= 11 is 0. The van der Waals surface area contributed by atoms with Gasteiger partial charge in [-0.15, -0.1) is 15.5 Å². The van der Waals surface area contributed by atoms with Crippen molar-refractivity contribution < 1.29 is 24.3 Å². The van der Waals surface area contributed by atoms with Crippen LogP contribution >= 0.6 is 10.3 Å². The summed E-state index contributed by atoms with van der Waals surface area (Å²) in [6, 6.07) is 0. The molecule has 0 bridgehead atoms. The number of rotatable bonds is 0. The molecule has 0 amide bonds. The van der Waals surface area contributed by atoms with Crippen LogP contribution in [0, 0.1) is 0 Å². The van der Waals surface area contributed by atoms with Gasteiger partial charge in [0.15, 0.2) is 0 Å². The average Bonchev–Trinajstić information content (AvgIpc) is 1.27. The van der Waals surface area contributed by atoms with Crippen molar-refractivity contribution >= 4 is 15.7 Å². The first kappa shape index (κ1) is 7.80. The Balaban J connectivity index is 4.92. The fourth-order valence-corrected chi connectivity index (χ4v) is 0. The minimum absolute atomic E-state index is 4.08. The first-order valence-corrected chi connectivity index (χ1v) is 2.84. The largest absolute Gasteiger partial charge is 0.386 e. The van der Waals surface area contributed by atoms with Gasteiger partial charge in [0.2, 0.25) is 0 Å². The lowest BCUT2D eigenvalue weighted by atomic mass is 11.7. The van der Waals surface area contributed by atoms with Gasteiger partial charge in [-0.3, -0.25) is 0 Å². The van der Waals surface area contributed by atoms with Crippen molar-refractivity contribution in [3.05, 3.63) is 0 Å². The van der Waals surface area contributed by atoms with Crippen LogP contribution in [-0.4, -0.2) is 5.37 Å². The summed E-state index contributed by atoms with van der Waals surface area (Å²) in [4.78, 5) is 0. The molecule has 0 unspecified atom stereocenters. The predicted octanol–water partition coefficient (Wildman–Crippen LogP) is 2.89. The Labute approximate surface area is 41.1 Å². The number of halogens is 6. The van der Waals surface area contributed by atoms with Crippen molar-refractivity contribution in [3.8, 4) is 0 Å². The van der Waals surface area contributed by atoms with Crippen LogP contribution in [0.25, 0.3) is 0 Å². The summed E-state index contributed by atoms with van der Waals surface area (Å²) in [5, 5.41) is -4.08. The van der Waals surface area contributed by atoms with Gasteiger partial charge < -0.3 is 0 Å². The molecular weight excluding hydrogens is 158 g/mol. The molecule has 0 aromatic heterocycles. The van der Waals surface area contributed by atoms with E-state index in [9.17, 15) is 24.3 Å². The highest BCUT2D eigenvalue weighted by atomic mass is 32.4. The van der Waals surface area contributed by atoms with E-state index in [0.29, 0.717) is 0 Å². The fraction of sp³-hybridized carbons (Fsp3) is 0. The summed E-state index contributed by atoms with van der Waals surface area (Å²) in [6.07, 6.45) is 0. The van der Waals surface area contributed by atoms with E-state index in [1.54, 1.807) is 0 Å². The molecule has 7 heteroatoms. The Bertz CT molecular complexity index is 134. The normalized spacial score (nSPS) is 17.0. The van der Waals surface area contributed by atoms with Crippen LogP contribution in [-0.2, 0) is 0 Å². The SMILES string of the molecule is FC(F)=S(F)(F)(F)F. The zero-order chi connectivity index (χ0) is 7.02. The monoisotopic (exact) mass is 158 g/mol. The van der Waals surface area contributed by atoms with Crippen LogP contribution in [0.4, 0.5) is 24.3 Å². The highest BCUT2D eigenvalue weighted by molar-refractivity contribution is 8.31. The van der Waals surface area contributed by atoms with Crippen molar-refractivity contribution in [2.45, 2.75) is 0 Å². The average molecular weight is 158 g/mol. The molecule has 0 aliphatic carbocycles. The van der Waals surface area contributed by atoms with Crippen LogP contribution in [0.1, 0.15) is 0 Å². The van der Waals surface area contributed by atoms with Gasteiger partial charge in [-0.25, -0.2) is 0 Å². The quantitative estimate of drug-likeness (QED) is 0.289. The molecule has 0 radical (unpaired) electrons. The molecule has 8 heavy (non-hydrogen) atoms. The summed E-state index contributed by atoms with van der Waals surface area (Å²) < 4.78 is 62.9. The van der Waals surface area contributed by atoms with E-state index < -0.39 is 15.7 Å². The molecule has 0 N–H and O–H groups in total. The van der Waals surface area contributed by atoms with E-state index in [0.717, 1.165) is 0 Å². The third-order valence-corrected chi connectivity index (χ3v) is 0.700. The smallest absolute Gasteiger partial charge is 0.157 e. The molecule has 0 aromatic carbocycles. The highest BCUT2D eigenvalue weighted by Crippen LogP contribution is 2.67. The molecule has 0 fully saturated rings. The fourth-order valence-electron chi connectivity index (χ4n) is 0. The van der Waals surface area contributed by atoms with Gasteiger partial charge in [-0.05, 0) is 0 Å². The van der Waals surface area contributed by atoms with Crippen molar-refractivity contribution in [3.63, 3.8) is 0 Å². The van der Waals surface area contributed by atoms with Gasteiger partial charge >= 0.3 is 15.7 Å². The lowest BCUT2D eigenvalue weighted by molar-refractivity contribution is 0.509. The number of hydrogen-bond acceptors (Lipinski definition) is 0. The van der Waals surface area contributed by atoms with E-state index >= 15 is 0 Å². The van der Waals surface area contributed by atoms with Gasteiger partial charge in [0.1, 0.15) is 0 Å². The van der Waals surface area contributed by atoms with E-state index in [1.165, 1.54) is 0 Å². The minimum Gasteiger partial charge on any atom is -0.157 e. The molecule has 0 aliphatic heterocycles. The maximum Gasteiger partial charge on any atom is 0.386 e. The molecule has 0 saturated heterocycles. The maximum absolute atomic E-state index is 10.5. The van der Waals surface area contributed by atoms with E-state index in [-0.39, 0.29) is 0 Å². The van der Waals surface area contributed by atoms with Crippen LogP contribution in [0.15, 0.2) is 0 Å². The Kier molecular flexibility index (Phi) is 1.36. The molecule has 0 aromatic rings. The van der Waals surface area contributed by atoms with Gasteiger partial charge in [0.05, 0.1) is 0 Å². The standard InChI is InChI=1S/CF6S/c2-1(3)8(4,5,6)7. The van der Waals surface area contributed by atoms with E-state index in [4.69, 9.17) is 0 Å². The highest BCUT2D eigenvalue weighted by Gasteiger charge is 2.37. The second-order valence-electron chi connectivity index (χ2n) is 0.884. The third kappa shape index (κ3) is 2.20. The Morgan fingerprint density at radius 1 is 0.875 bits per heavy atom. The second-order valence-corrected chi connectivity index (χ2v) is 2.51. The zero-order valence-corrected chi connectivity index (χ0v) is 3.99. The molecular formula is CF6S. The third-order valence-electron chi connectivity index (χ3n) is 0.233. The topological polar surface area (TPSA) is 0 Å². The Hall–Kier alpha value is -0.200. The predicted molar refractivity (Wildman–Crippen MR) is 19.2 cm³/mol. The molecule has 0 nitrogen and oxygen atoms in total. The van der Waals surface area contributed by atoms with Crippen molar-refractivity contribution in [2.75, 3.05) is 0 Å². The lowest BCUT2D eigenvalue weighted by Gasteiger charge is -2.06. The second kappa shape index (κ2) is 1.40. The maximum atomic E-state index is 10.5. The first-order valence-electron chi connectivity index (χ1n) is 1.20. The first-order chi connectivity index (χ1) is 3.20. The van der Waals surface area contributed by atoms with Crippen LogP contribution in [0.2, 0.25) is 0 Å². The van der Waals surface area contributed by atoms with Gasteiger partial charge in [0.25, 0.3) is 0 Å². The van der Waals surface area contributed by atoms with E-state index in [1.807, 2.05) is 0 Å². The lowest BCUT2D eigenvalue weighted by Crippen LogP contribution is -1.84. The Morgan fingerprint density at radius 2 is 1.00 bits per heavy atom. The summed E-state index contributed by atoms with van der Waals surface area (Å²) in [5.74, 6) is 0. The molecule has 0 rings (SSSR count). The molecule has 52 valence electrons. The zero-order valence-electron chi connectivity index (χ0n) is 3.18. The van der Waals surface area contributed by atoms with Crippen molar-refractivity contribution in [2.24, 2.45) is 0 Å². The Morgan fingerprint density at radius 3 is 1.00 bits per heavy atom. The van der Waals surface area contributed by atoms with Crippen molar-refractivity contribution in [1.29, 1.82) is 0 Å². The molecule has 0 atom stereocenters. The van der Waals surface area contributed by atoms with E-state index in [2.05, 4.69) is 0 Å². The van der Waals surface area contributed by atoms with Crippen LogP contribution in [0.3, 0.4) is 0 Å². The number of hydrogen-bond donors (Lipinski definition) is 0. The molecule has 0 spiro atoms. The van der Waals surface area contributed by atoms with Crippen LogP contribution < -0.4 is 0 Å². The van der Waals surface area contributed by atoms with Gasteiger partial charge in [0, 0.05) is 0 Å².